The molecule has 0 bridgehead atoms. The molecular formula is C16H17N3S. The Morgan fingerprint density at radius 2 is 2.10 bits per heavy atom. The number of benzene rings is 1. The maximum Gasteiger partial charge on any atom is 0.0957 e. The lowest BCUT2D eigenvalue weighted by atomic mass is 9.99. The molecule has 0 aliphatic rings. The number of aromatic nitrogens is 2. The van der Waals surface area contributed by atoms with Crippen molar-refractivity contribution in [3.05, 3.63) is 58.9 Å². The number of aryl methyl sites for hydroxylation is 1. The number of hydrogen-bond acceptors (Lipinski definition) is 4. The summed E-state index contributed by atoms with van der Waals surface area (Å²) in [4.78, 5) is 8.83. The minimum absolute atomic E-state index is 0.0199. The van der Waals surface area contributed by atoms with Crippen molar-refractivity contribution in [3.63, 3.8) is 0 Å². The molecule has 0 spiro atoms. The fraction of sp³-hybridized carbons (Fsp3) is 0.250. The van der Waals surface area contributed by atoms with Crippen LogP contribution < -0.4 is 5.73 Å². The number of rotatable bonds is 4. The number of pyridine rings is 1. The molecule has 2 N–H and O–H groups in total. The molecule has 4 heteroatoms. The van der Waals surface area contributed by atoms with E-state index in [9.17, 15) is 0 Å². The second-order valence-corrected chi connectivity index (χ2v) is 5.93. The zero-order chi connectivity index (χ0) is 13.9. The summed E-state index contributed by atoms with van der Waals surface area (Å²) in [6.07, 6.45) is 5.45. The van der Waals surface area contributed by atoms with Crippen molar-refractivity contribution in [3.8, 4) is 0 Å². The Morgan fingerprint density at radius 3 is 2.90 bits per heavy atom. The van der Waals surface area contributed by atoms with Crippen LogP contribution in [0.25, 0.3) is 10.2 Å². The molecule has 0 saturated carbocycles. The molecule has 1 aromatic carbocycles. The van der Waals surface area contributed by atoms with Gasteiger partial charge >= 0.3 is 0 Å². The Morgan fingerprint density at radius 1 is 1.25 bits per heavy atom. The average Bonchev–Trinajstić information content (AvgIpc) is 2.89. The van der Waals surface area contributed by atoms with Crippen LogP contribution >= 0.6 is 11.3 Å². The van der Waals surface area contributed by atoms with Crippen molar-refractivity contribution in [1.82, 2.24) is 9.97 Å². The molecule has 1 atom stereocenters. The van der Waals surface area contributed by atoms with Gasteiger partial charge in [-0.2, -0.15) is 0 Å². The van der Waals surface area contributed by atoms with Crippen LogP contribution in [-0.2, 0) is 12.8 Å². The predicted octanol–water partition coefficient (Wildman–Crippen LogP) is 3.50. The number of fused-ring (bicyclic) bond motifs is 1. The van der Waals surface area contributed by atoms with E-state index in [0.29, 0.717) is 0 Å². The summed E-state index contributed by atoms with van der Waals surface area (Å²) in [7, 11) is 0. The number of nitrogens with two attached hydrogens (primary N) is 1. The van der Waals surface area contributed by atoms with Crippen LogP contribution in [0.5, 0.6) is 0 Å². The topological polar surface area (TPSA) is 51.8 Å². The second kappa shape index (κ2) is 5.69. The SMILES string of the molecule is CCc1cnccc1C(N)Cc1nc2ccccc2s1. The Hall–Kier alpha value is -1.78. The van der Waals surface area contributed by atoms with Crippen LogP contribution in [0.4, 0.5) is 0 Å². The van der Waals surface area contributed by atoms with Crippen molar-refractivity contribution in [2.45, 2.75) is 25.8 Å². The van der Waals surface area contributed by atoms with Crippen LogP contribution in [-0.4, -0.2) is 9.97 Å². The summed E-state index contributed by atoms with van der Waals surface area (Å²) in [6.45, 7) is 2.13. The van der Waals surface area contributed by atoms with Gasteiger partial charge in [0, 0.05) is 24.9 Å². The smallest absolute Gasteiger partial charge is 0.0957 e. The van der Waals surface area contributed by atoms with E-state index in [1.807, 2.05) is 36.7 Å². The Bertz CT molecular complexity index is 687. The van der Waals surface area contributed by atoms with Crippen LogP contribution in [0.15, 0.2) is 42.7 Å². The molecule has 0 saturated heterocycles. The van der Waals surface area contributed by atoms with Gasteiger partial charge in [0.05, 0.1) is 15.2 Å². The van der Waals surface area contributed by atoms with Gasteiger partial charge in [-0.25, -0.2) is 4.98 Å². The molecule has 0 amide bonds. The summed E-state index contributed by atoms with van der Waals surface area (Å²) in [5.41, 5.74) is 9.83. The first-order chi connectivity index (χ1) is 9.78. The van der Waals surface area contributed by atoms with Crippen molar-refractivity contribution in [2.24, 2.45) is 5.73 Å². The zero-order valence-electron chi connectivity index (χ0n) is 11.4. The van der Waals surface area contributed by atoms with E-state index in [1.54, 1.807) is 11.3 Å². The fourth-order valence-corrected chi connectivity index (χ4v) is 3.43. The summed E-state index contributed by atoms with van der Waals surface area (Å²) in [6, 6.07) is 10.2. The van der Waals surface area contributed by atoms with Crippen molar-refractivity contribution < 1.29 is 0 Å². The van der Waals surface area contributed by atoms with Gasteiger partial charge < -0.3 is 5.73 Å². The summed E-state index contributed by atoms with van der Waals surface area (Å²) < 4.78 is 1.22. The lowest BCUT2D eigenvalue weighted by molar-refractivity contribution is 0.707. The summed E-state index contributed by atoms with van der Waals surface area (Å²) in [5.74, 6) is 0. The first kappa shape index (κ1) is 13.2. The Kier molecular flexibility index (Phi) is 3.76. The molecule has 3 nitrogen and oxygen atoms in total. The zero-order valence-corrected chi connectivity index (χ0v) is 12.2. The molecule has 0 aliphatic carbocycles. The summed E-state index contributed by atoms with van der Waals surface area (Å²) in [5, 5.41) is 1.09. The third-order valence-electron chi connectivity index (χ3n) is 3.45. The highest BCUT2D eigenvalue weighted by atomic mass is 32.1. The number of para-hydroxylation sites is 1. The van der Waals surface area contributed by atoms with Crippen molar-refractivity contribution >= 4 is 21.6 Å². The van der Waals surface area contributed by atoms with Gasteiger partial charge in [0.25, 0.3) is 0 Å². The largest absolute Gasteiger partial charge is 0.324 e. The standard InChI is InChI=1S/C16H17N3S/c1-2-11-10-18-8-7-12(11)13(17)9-16-19-14-5-3-4-6-15(14)20-16/h3-8,10,13H,2,9,17H2,1H3. The van der Waals surface area contributed by atoms with E-state index < -0.39 is 0 Å². The van der Waals surface area contributed by atoms with Gasteiger partial charge in [-0.15, -0.1) is 11.3 Å². The summed E-state index contributed by atoms with van der Waals surface area (Å²) >= 11 is 1.73. The molecule has 2 heterocycles. The highest BCUT2D eigenvalue weighted by Crippen LogP contribution is 2.26. The molecule has 3 rings (SSSR count). The van der Waals surface area contributed by atoms with E-state index in [2.05, 4.69) is 23.0 Å². The molecule has 2 aromatic heterocycles. The van der Waals surface area contributed by atoms with Gasteiger partial charge in [0.1, 0.15) is 0 Å². The minimum atomic E-state index is -0.0199. The van der Waals surface area contributed by atoms with E-state index in [1.165, 1.54) is 15.8 Å². The normalized spacial score (nSPS) is 12.7. The quantitative estimate of drug-likeness (QED) is 0.797. The molecule has 0 aliphatic heterocycles. The second-order valence-electron chi connectivity index (χ2n) is 4.81. The maximum atomic E-state index is 6.36. The third-order valence-corrected chi connectivity index (χ3v) is 4.51. The van der Waals surface area contributed by atoms with E-state index in [0.717, 1.165) is 23.4 Å². The lowest BCUT2D eigenvalue weighted by Crippen LogP contribution is -2.15. The van der Waals surface area contributed by atoms with E-state index in [-0.39, 0.29) is 6.04 Å². The highest BCUT2D eigenvalue weighted by molar-refractivity contribution is 7.18. The average molecular weight is 283 g/mol. The van der Waals surface area contributed by atoms with Gasteiger partial charge in [-0.05, 0) is 35.7 Å². The number of thiazole rings is 1. The lowest BCUT2D eigenvalue weighted by Gasteiger charge is -2.13. The van der Waals surface area contributed by atoms with E-state index in [4.69, 9.17) is 5.73 Å². The predicted molar refractivity (Wildman–Crippen MR) is 83.9 cm³/mol. The van der Waals surface area contributed by atoms with Gasteiger partial charge in [-0.3, -0.25) is 4.98 Å². The van der Waals surface area contributed by atoms with Gasteiger partial charge in [0.2, 0.25) is 0 Å². The molecule has 1 unspecified atom stereocenters. The van der Waals surface area contributed by atoms with Gasteiger partial charge in [0.15, 0.2) is 0 Å². The van der Waals surface area contributed by atoms with Crippen LogP contribution in [0, 0.1) is 0 Å². The van der Waals surface area contributed by atoms with Gasteiger partial charge in [-0.1, -0.05) is 19.1 Å². The maximum absolute atomic E-state index is 6.36. The Labute approximate surface area is 122 Å². The monoisotopic (exact) mass is 283 g/mol. The highest BCUT2D eigenvalue weighted by Gasteiger charge is 2.13. The third kappa shape index (κ3) is 2.57. The van der Waals surface area contributed by atoms with Crippen LogP contribution in [0.2, 0.25) is 0 Å². The van der Waals surface area contributed by atoms with Crippen molar-refractivity contribution in [2.75, 3.05) is 0 Å². The van der Waals surface area contributed by atoms with E-state index >= 15 is 0 Å². The first-order valence-corrected chi connectivity index (χ1v) is 7.62. The molecule has 0 radical (unpaired) electrons. The molecule has 3 aromatic rings. The number of nitrogens with zero attached hydrogens (tertiary/aromatic N) is 2. The van der Waals surface area contributed by atoms with Crippen LogP contribution in [0.3, 0.4) is 0 Å². The first-order valence-electron chi connectivity index (χ1n) is 6.80. The fourth-order valence-electron chi connectivity index (χ4n) is 2.40. The van der Waals surface area contributed by atoms with Crippen LogP contribution in [0.1, 0.15) is 29.1 Å². The molecular weight excluding hydrogens is 266 g/mol. The van der Waals surface area contributed by atoms with Crippen molar-refractivity contribution in [1.29, 1.82) is 0 Å². The number of hydrogen-bond donors (Lipinski definition) is 1. The molecule has 20 heavy (non-hydrogen) atoms. The molecule has 0 fully saturated rings. The molecule has 102 valence electrons. The minimum Gasteiger partial charge on any atom is -0.324 e. The Balaban J connectivity index is 1.86.